The maximum absolute atomic E-state index is 14.5. The van der Waals surface area contributed by atoms with E-state index < -0.39 is 27.1 Å². The molecule has 5 rings (SSSR count). The molecule has 0 spiro atoms. The molecule has 0 aromatic heterocycles. The van der Waals surface area contributed by atoms with Crippen molar-refractivity contribution in [2.45, 2.75) is 111 Å². The first kappa shape index (κ1) is 28.3. The van der Waals surface area contributed by atoms with Gasteiger partial charge in [-0.2, -0.15) is 5.26 Å². The molecule has 0 amide bonds. The molecule has 0 aromatic rings. The van der Waals surface area contributed by atoms with Crippen molar-refractivity contribution in [2.75, 3.05) is 6.26 Å². The second-order valence-electron chi connectivity index (χ2n) is 15.9. The number of nitriles is 1. The number of nitrogens with zero attached hydrogens (tertiary/aromatic N) is 1. The zero-order valence-corrected chi connectivity index (χ0v) is 25.5. The Morgan fingerprint density at radius 1 is 0.974 bits per heavy atom. The summed E-state index contributed by atoms with van der Waals surface area (Å²) in [6.45, 7) is 15.6. The number of sulfonamides is 1. The number of Topliss-reactive ketones (excluding diaryl/α,β-unsaturated/α-hetero) is 1. The van der Waals surface area contributed by atoms with Gasteiger partial charge in [-0.1, -0.05) is 54.5 Å². The fraction of sp³-hybridized carbons (Fsp3) is 0.871. The average molecular weight is 545 g/mol. The van der Waals surface area contributed by atoms with Crippen LogP contribution in [0.25, 0.3) is 0 Å². The number of nitrogens with one attached hydrogen (secondary N) is 1. The lowest BCUT2D eigenvalue weighted by molar-refractivity contribution is -0.219. The van der Waals surface area contributed by atoms with Crippen LogP contribution in [-0.4, -0.2) is 37.2 Å². The third-order valence-electron chi connectivity index (χ3n) is 13.1. The van der Waals surface area contributed by atoms with Crippen LogP contribution in [0.3, 0.4) is 0 Å². The molecule has 7 heteroatoms. The van der Waals surface area contributed by atoms with Crippen molar-refractivity contribution in [2.24, 2.45) is 50.7 Å². The van der Waals surface area contributed by atoms with Gasteiger partial charge in [-0.25, -0.2) is 13.1 Å². The number of carbonyl (C=O) groups excluding carboxylic acids is 1. The van der Waals surface area contributed by atoms with Crippen molar-refractivity contribution in [3.8, 4) is 6.07 Å². The minimum atomic E-state index is -3.43. The number of ketones is 1. The lowest BCUT2D eigenvalue weighted by atomic mass is 9.32. The van der Waals surface area contributed by atoms with Gasteiger partial charge in [0.2, 0.25) is 10.0 Å². The number of allylic oxidation sites excluding steroid dienone is 1. The van der Waals surface area contributed by atoms with Crippen LogP contribution < -0.4 is 4.72 Å². The Morgan fingerprint density at radius 3 is 2.21 bits per heavy atom. The molecule has 0 heterocycles. The highest BCUT2D eigenvalue weighted by Crippen LogP contribution is 2.75. The van der Waals surface area contributed by atoms with Crippen molar-refractivity contribution < 1.29 is 18.3 Å². The fourth-order valence-corrected chi connectivity index (χ4v) is 12.1. The topological polar surface area (TPSA) is 107 Å². The van der Waals surface area contributed by atoms with E-state index in [1.54, 1.807) is 0 Å². The predicted molar refractivity (Wildman–Crippen MR) is 148 cm³/mol. The standard InChI is InChI=1S/C31H48N2O4S/c1-26(2)11-13-31(33-38(8,36)37)14-12-30(7)24(20(31)17-26)21(34)15-23-28(5)16-19(18-32)25(35)27(3,4)22(28)9-10-29(23,30)6/h16,20,22-25,33,35H,9-15,17H2,1-8H3/t20?,22-,23+,24?,25?,28-,29+,30+,31-/m0/s1. The summed E-state index contributed by atoms with van der Waals surface area (Å²) < 4.78 is 28.3. The molecule has 0 aromatic carbocycles. The van der Waals surface area contributed by atoms with E-state index in [0.717, 1.165) is 44.9 Å². The summed E-state index contributed by atoms with van der Waals surface area (Å²) in [5.41, 5.74) is -1.28. The van der Waals surface area contributed by atoms with Gasteiger partial charge in [0.05, 0.1) is 24.0 Å². The number of hydrogen-bond acceptors (Lipinski definition) is 5. The van der Waals surface area contributed by atoms with E-state index >= 15 is 0 Å². The van der Waals surface area contributed by atoms with Gasteiger partial charge in [0.1, 0.15) is 5.78 Å². The van der Waals surface area contributed by atoms with E-state index in [9.17, 15) is 23.6 Å². The van der Waals surface area contributed by atoms with E-state index in [1.807, 2.05) is 6.08 Å². The van der Waals surface area contributed by atoms with Crippen molar-refractivity contribution in [3.05, 3.63) is 11.6 Å². The molecule has 4 fully saturated rings. The summed E-state index contributed by atoms with van der Waals surface area (Å²) in [5, 5.41) is 21.0. The smallest absolute Gasteiger partial charge is 0.209 e. The number of fused-ring (bicyclic) bond motifs is 7. The number of aliphatic hydroxyl groups excluding tert-OH is 1. The zero-order chi connectivity index (χ0) is 28.3. The van der Waals surface area contributed by atoms with Gasteiger partial charge in [0, 0.05) is 17.9 Å². The Balaban J connectivity index is 1.63. The zero-order valence-electron chi connectivity index (χ0n) is 24.6. The molecule has 3 unspecified atom stereocenters. The third-order valence-corrected chi connectivity index (χ3v) is 13.8. The molecule has 212 valence electrons. The van der Waals surface area contributed by atoms with Gasteiger partial charge in [-0.15, -0.1) is 0 Å². The van der Waals surface area contributed by atoms with Gasteiger partial charge < -0.3 is 5.11 Å². The summed E-state index contributed by atoms with van der Waals surface area (Å²) in [5.74, 6) is 0.314. The predicted octanol–water partition coefficient (Wildman–Crippen LogP) is 5.38. The molecule has 6 nitrogen and oxygen atoms in total. The summed E-state index contributed by atoms with van der Waals surface area (Å²) in [7, 11) is -3.43. The van der Waals surface area contributed by atoms with Crippen LogP contribution >= 0.6 is 0 Å². The van der Waals surface area contributed by atoms with Gasteiger partial charge in [-0.05, 0) is 89.8 Å². The lowest BCUT2D eigenvalue weighted by Crippen LogP contribution is -2.72. The monoisotopic (exact) mass is 544 g/mol. The van der Waals surface area contributed by atoms with Crippen LogP contribution in [0.4, 0.5) is 0 Å². The van der Waals surface area contributed by atoms with Gasteiger partial charge in [0.25, 0.3) is 0 Å². The maximum Gasteiger partial charge on any atom is 0.209 e. The third kappa shape index (κ3) is 3.68. The lowest BCUT2D eigenvalue weighted by Gasteiger charge is -2.72. The molecule has 5 aliphatic rings. The normalized spacial score (nSPS) is 49.4. The molecule has 0 aliphatic heterocycles. The van der Waals surface area contributed by atoms with Crippen LogP contribution in [0, 0.1) is 62.1 Å². The van der Waals surface area contributed by atoms with Crippen LogP contribution in [0.15, 0.2) is 11.6 Å². The summed E-state index contributed by atoms with van der Waals surface area (Å²) >= 11 is 0. The first-order valence-electron chi connectivity index (χ1n) is 14.6. The highest BCUT2D eigenvalue weighted by atomic mass is 32.2. The Morgan fingerprint density at radius 2 is 1.61 bits per heavy atom. The van der Waals surface area contributed by atoms with E-state index in [4.69, 9.17) is 0 Å². The summed E-state index contributed by atoms with van der Waals surface area (Å²) in [6.07, 6.45) is 9.03. The fourth-order valence-electron chi connectivity index (χ4n) is 11.0. The average Bonchev–Trinajstić information content (AvgIpc) is 2.78. The minimum Gasteiger partial charge on any atom is -0.387 e. The Labute approximate surface area is 230 Å². The minimum absolute atomic E-state index is 0.0228. The Hall–Kier alpha value is -1.23. The molecular formula is C31H48N2O4S. The Kier molecular flexibility index (Phi) is 6.08. The number of aliphatic hydroxyl groups is 1. The van der Waals surface area contributed by atoms with E-state index in [0.29, 0.717) is 12.0 Å². The second kappa shape index (κ2) is 8.17. The van der Waals surface area contributed by atoms with E-state index in [-0.39, 0.29) is 51.1 Å². The molecule has 38 heavy (non-hydrogen) atoms. The molecule has 4 saturated carbocycles. The highest BCUT2D eigenvalue weighted by molar-refractivity contribution is 7.88. The van der Waals surface area contributed by atoms with Crippen molar-refractivity contribution in [1.29, 1.82) is 5.26 Å². The van der Waals surface area contributed by atoms with Crippen LogP contribution in [0.2, 0.25) is 0 Å². The summed E-state index contributed by atoms with van der Waals surface area (Å²) in [6, 6.07) is 2.29. The summed E-state index contributed by atoms with van der Waals surface area (Å²) in [4.78, 5) is 14.5. The van der Waals surface area contributed by atoms with Crippen molar-refractivity contribution in [3.63, 3.8) is 0 Å². The van der Waals surface area contributed by atoms with E-state index in [1.165, 1.54) is 6.26 Å². The molecule has 5 aliphatic carbocycles. The largest absolute Gasteiger partial charge is 0.387 e. The molecule has 9 atom stereocenters. The van der Waals surface area contributed by atoms with Gasteiger partial charge in [-0.3, -0.25) is 4.79 Å². The molecule has 0 radical (unpaired) electrons. The van der Waals surface area contributed by atoms with Crippen molar-refractivity contribution >= 4 is 15.8 Å². The SMILES string of the molecule is CC1(C)CC[C@]2(NS(C)(=O)=O)CC[C@]3(C)C(C(=O)C[C@@H]4[C@@]5(C)C=C(C#N)C(O)C(C)(C)[C@@H]5CC[C@]43C)C2C1. The van der Waals surface area contributed by atoms with Gasteiger partial charge in [0.15, 0.2) is 0 Å². The number of carbonyl (C=O) groups is 1. The van der Waals surface area contributed by atoms with Crippen LogP contribution in [0.5, 0.6) is 0 Å². The molecule has 2 N–H and O–H groups in total. The second-order valence-corrected chi connectivity index (χ2v) is 17.7. The maximum atomic E-state index is 14.5. The first-order chi connectivity index (χ1) is 17.3. The van der Waals surface area contributed by atoms with E-state index in [2.05, 4.69) is 59.3 Å². The highest BCUT2D eigenvalue weighted by Gasteiger charge is 2.72. The number of hydrogen-bond donors (Lipinski definition) is 2. The Bertz CT molecular complexity index is 1230. The molecule has 0 bridgehead atoms. The molecule has 0 saturated heterocycles. The van der Waals surface area contributed by atoms with Crippen LogP contribution in [-0.2, 0) is 14.8 Å². The number of rotatable bonds is 2. The van der Waals surface area contributed by atoms with Crippen molar-refractivity contribution in [1.82, 2.24) is 4.72 Å². The molecular weight excluding hydrogens is 496 g/mol. The first-order valence-corrected chi connectivity index (χ1v) is 16.5. The van der Waals surface area contributed by atoms with Gasteiger partial charge >= 0.3 is 0 Å². The quantitative estimate of drug-likeness (QED) is 0.485. The van der Waals surface area contributed by atoms with Crippen LogP contribution in [0.1, 0.15) is 99.8 Å².